The molecule has 1 atom stereocenters. The van der Waals surface area contributed by atoms with E-state index in [-0.39, 0.29) is 5.82 Å². The van der Waals surface area contributed by atoms with Crippen LogP contribution in [0.5, 0.6) is 0 Å². The van der Waals surface area contributed by atoms with Crippen LogP contribution in [0.1, 0.15) is 6.92 Å². The summed E-state index contributed by atoms with van der Waals surface area (Å²) in [4.78, 5) is 1.69. The highest BCUT2D eigenvalue weighted by molar-refractivity contribution is 5.46. The number of aliphatic hydroxyl groups excluding tert-OH is 1. The predicted octanol–water partition coefficient (Wildman–Crippen LogP) is 1.64. The summed E-state index contributed by atoms with van der Waals surface area (Å²) < 4.78 is 13.2. The molecule has 1 unspecified atom stereocenters. The Balaban J connectivity index is 2.76. The van der Waals surface area contributed by atoms with E-state index < -0.39 is 6.10 Å². The molecular weight excluding hydrogens is 169 g/mol. The lowest BCUT2D eigenvalue weighted by Crippen LogP contribution is -2.27. The van der Waals surface area contributed by atoms with E-state index >= 15 is 0 Å². The van der Waals surface area contributed by atoms with E-state index in [1.54, 1.807) is 37.1 Å². The lowest BCUT2D eigenvalue weighted by Gasteiger charge is -2.21. The topological polar surface area (TPSA) is 23.5 Å². The van der Waals surface area contributed by atoms with Gasteiger partial charge in [0.15, 0.2) is 0 Å². The second-order valence-corrected chi connectivity index (χ2v) is 3.18. The number of anilines is 1. The molecule has 0 aliphatic heterocycles. The maximum Gasteiger partial charge on any atom is 0.146 e. The SMILES string of the molecule is CC(O)CN(C)c1ccccc1F. The zero-order chi connectivity index (χ0) is 9.84. The minimum absolute atomic E-state index is 0.259. The Morgan fingerprint density at radius 1 is 1.46 bits per heavy atom. The van der Waals surface area contributed by atoms with Crippen molar-refractivity contribution in [2.45, 2.75) is 13.0 Å². The minimum Gasteiger partial charge on any atom is -0.392 e. The highest BCUT2D eigenvalue weighted by Gasteiger charge is 2.07. The highest BCUT2D eigenvalue weighted by atomic mass is 19.1. The maximum absolute atomic E-state index is 13.2. The van der Waals surface area contributed by atoms with Crippen molar-refractivity contribution in [3.05, 3.63) is 30.1 Å². The van der Waals surface area contributed by atoms with Crippen LogP contribution >= 0.6 is 0 Å². The Hall–Kier alpha value is -1.09. The van der Waals surface area contributed by atoms with Crippen LogP contribution in [0.15, 0.2) is 24.3 Å². The van der Waals surface area contributed by atoms with Gasteiger partial charge >= 0.3 is 0 Å². The largest absolute Gasteiger partial charge is 0.392 e. The third-order valence-corrected chi connectivity index (χ3v) is 1.80. The highest BCUT2D eigenvalue weighted by Crippen LogP contribution is 2.16. The van der Waals surface area contributed by atoms with Crippen molar-refractivity contribution in [1.29, 1.82) is 0 Å². The first-order chi connectivity index (χ1) is 6.11. The van der Waals surface area contributed by atoms with Crippen LogP contribution in [0.2, 0.25) is 0 Å². The predicted molar refractivity (Wildman–Crippen MR) is 51.4 cm³/mol. The van der Waals surface area contributed by atoms with Crippen LogP contribution in [0.4, 0.5) is 10.1 Å². The van der Waals surface area contributed by atoms with E-state index in [0.717, 1.165) is 0 Å². The van der Waals surface area contributed by atoms with Crippen molar-refractivity contribution in [2.75, 3.05) is 18.5 Å². The maximum atomic E-state index is 13.2. The van der Waals surface area contributed by atoms with E-state index in [9.17, 15) is 4.39 Å². The van der Waals surface area contributed by atoms with Crippen LogP contribution in [0.25, 0.3) is 0 Å². The standard InChI is InChI=1S/C10H14FNO/c1-8(13)7-12(2)10-6-4-3-5-9(10)11/h3-6,8,13H,7H2,1-2H3. The quantitative estimate of drug-likeness (QED) is 0.770. The van der Waals surface area contributed by atoms with Gasteiger partial charge in [-0.1, -0.05) is 12.1 Å². The molecule has 0 aliphatic carbocycles. The first-order valence-electron chi connectivity index (χ1n) is 4.25. The van der Waals surface area contributed by atoms with Crippen molar-refractivity contribution >= 4 is 5.69 Å². The molecule has 0 spiro atoms. The molecule has 0 radical (unpaired) electrons. The third-order valence-electron chi connectivity index (χ3n) is 1.80. The fourth-order valence-electron chi connectivity index (χ4n) is 1.26. The van der Waals surface area contributed by atoms with Gasteiger partial charge in [0.2, 0.25) is 0 Å². The Bertz CT molecular complexity index is 275. The van der Waals surface area contributed by atoms with Crippen LogP contribution in [0, 0.1) is 5.82 Å². The fraction of sp³-hybridized carbons (Fsp3) is 0.400. The van der Waals surface area contributed by atoms with Gasteiger partial charge in [-0.05, 0) is 19.1 Å². The van der Waals surface area contributed by atoms with Crippen molar-refractivity contribution in [3.63, 3.8) is 0 Å². The van der Waals surface area contributed by atoms with E-state index in [0.29, 0.717) is 12.2 Å². The molecule has 1 rings (SSSR count). The molecule has 0 heterocycles. The molecule has 0 aromatic heterocycles. The summed E-state index contributed by atoms with van der Waals surface area (Å²) in [5.41, 5.74) is 0.517. The van der Waals surface area contributed by atoms with E-state index in [1.165, 1.54) is 6.07 Å². The van der Waals surface area contributed by atoms with Crippen molar-refractivity contribution in [2.24, 2.45) is 0 Å². The smallest absolute Gasteiger partial charge is 0.146 e. The molecule has 13 heavy (non-hydrogen) atoms. The van der Waals surface area contributed by atoms with E-state index in [2.05, 4.69) is 0 Å². The minimum atomic E-state index is -0.454. The van der Waals surface area contributed by atoms with Gasteiger partial charge in [-0.15, -0.1) is 0 Å². The number of hydrogen-bond acceptors (Lipinski definition) is 2. The van der Waals surface area contributed by atoms with Gasteiger partial charge in [0.05, 0.1) is 11.8 Å². The molecule has 1 aromatic rings. The molecule has 0 bridgehead atoms. The van der Waals surface area contributed by atoms with Gasteiger partial charge in [0.1, 0.15) is 5.82 Å². The Morgan fingerprint density at radius 2 is 2.08 bits per heavy atom. The average molecular weight is 183 g/mol. The summed E-state index contributed by atoms with van der Waals surface area (Å²) in [7, 11) is 1.76. The Labute approximate surface area is 77.6 Å². The normalized spacial score (nSPS) is 12.6. The summed E-state index contributed by atoms with van der Waals surface area (Å²) in [5.74, 6) is -0.259. The number of likely N-dealkylation sites (N-methyl/N-ethyl adjacent to an activating group) is 1. The van der Waals surface area contributed by atoms with Gasteiger partial charge in [0.25, 0.3) is 0 Å². The second-order valence-electron chi connectivity index (χ2n) is 3.18. The van der Waals surface area contributed by atoms with Gasteiger partial charge < -0.3 is 10.0 Å². The van der Waals surface area contributed by atoms with Crippen LogP contribution in [-0.2, 0) is 0 Å². The van der Waals surface area contributed by atoms with Crippen molar-refractivity contribution in [1.82, 2.24) is 0 Å². The summed E-state index contributed by atoms with van der Waals surface area (Å²) in [6, 6.07) is 6.53. The second kappa shape index (κ2) is 4.23. The fourth-order valence-corrected chi connectivity index (χ4v) is 1.26. The zero-order valence-corrected chi connectivity index (χ0v) is 7.87. The van der Waals surface area contributed by atoms with Crippen LogP contribution < -0.4 is 4.90 Å². The first kappa shape index (κ1) is 9.99. The average Bonchev–Trinajstić information content (AvgIpc) is 2.03. The molecule has 0 aliphatic rings. The molecule has 3 heteroatoms. The van der Waals surface area contributed by atoms with Crippen molar-refractivity contribution < 1.29 is 9.50 Å². The number of para-hydroxylation sites is 1. The number of nitrogens with zero attached hydrogens (tertiary/aromatic N) is 1. The molecule has 1 aromatic carbocycles. The number of benzene rings is 1. The lowest BCUT2D eigenvalue weighted by atomic mass is 10.2. The summed E-state index contributed by atoms with van der Waals surface area (Å²) in [6.45, 7) is 2.11. The molecule has 0 saturated heterocycles. The molecule has 0 saturated carbocycles. The lowest BCUT2D eigenvalue weighted by molar-refractivity contribution is 0.201. The number of rotatable bonds is 3. The van der Waals surface area contributed by atoms with Crippen molar-refractivity contribution in [3.8, 4) is 0 Å². The van der Waals surface area contributed by atoms with E-state index in [1.807, 2.05) is 0 Å². The van der Waals surface area contributed by atoms with Gasteiger partial charge in [-0.2, -0.15) is 0 Å². The summed E-state index contributed by atoms with van der Waals surface area (Å²) in [5, 5.41) is 9.11. The zero-order valence-electron chi connectivity index (χ0n) is 7.87. The van der Waals surface area contributed by atoms with Crippen LogP contribution in [-0.4, -0.2) is 24.8 Å². The van der Waals surface area contributed by atoms with Gasteiger partial charge in [-0.3, -0.25) is 0 Å². The molecule has 72 valence electrons. The van der Waals surface area contributed by atoms with Gasteiger partial charge in [-0.25, -0.2) is 4.39 Å². The number of aliphatic hydroxyl groups is 1. The van der Waals surface area contributed by atoms with Gasteiger partial charge in [0, 0.05) is 13.6 Å². The monoisotopic (exact) mass is 183 g/mol. The number of hydrogen-bond donors (Lipinski definition) is 1. The first-order valence-corrected chi connectivity index (χ1v) is 4.25. The molecular formula is C10H14FNO. The number of halogens is 1. The Morgan fingerprint density at radius 3 is 2.62 bits per heavy atom. The molecule has 0 amide bonds. The summed E-state index contributed by atoms with van der Waals surface area (Å²) in [6.07, 6.45) is -0.454. The molecule has 2 nitrogen and oxygen atoms in total. The van der Waals surface area contributed by atoms with Crippen LogP contribution in [0.3, 0.4) is 0 Å². The summed E-state index contributed by atoms with van der Waals surface area (Å²) >= 11 is 0. The molecule has 0 fully saturated rings. The molecule has 1 N–H and O–H groups in total. The van der Waals surface area contributed by atoms with E-state index in [4.69, 9.17) is 5.11 Å². The third kappa shape index (κ3) is 2.70. The Kier molecular flexibility index (Phi) is 3.25.